The van der Waals surface area contributed by atoms with Gasteiger partial charge in [-0.2, -0.15) is 0 Å². The van der Waals surface area contributed by atoms with Crippen LogP contribution < -0.4 is 0 Å². The maximum absolute atomic E-state index is 10.2. The van der Waals surface area contributed by atoms with E-state index in [-0.39, 0.29) is 6.10 Å². The summed E-state index contributed by atoms with van der Waals surface area (Å²) in [6.45, 7) is 2.17. The number of carbonyl (C=O) groups is 1. The Balaban J connectivity index is 3.59. The van der Waals surface area contributed by atoms with Gasteiger partial charge in [0.25, 0.3) is 0 Å². The molecule has 0 fully saturated rings. The lowest BCUT2D eigenvalue weighted by atomic mass is 10.0. The van der Waals surface area contributed by atoms with Crippen molar-refractivity contribution in [1.29, 1.82) is 0 Å². The number of hydrogen-bond donors (Lipinski definition) is 2. The summed E-state index contributed by atoms with van der Waals surface area (Å²) in [4.78, 5) is 14.8. The quantitative estimate of drug-likeness (QED) is 0.133. The molecule has 0 rings (SSSR count). The van der Waals surface area contributed by atoms with Gasteiger partial charge in [0.1, 0.15) is 0 Å². The molecular weight excluding hydrogens is 304 g/mol. The van der Waals surface area contributed by atoms with E-state index in [1.165, 1.54) is 18.9 Å². The zero-order valence-electron chi connectivity index (χ0n) is 14.8. The average Bonchev–Trinajstić information content (AvgIpc) is 2.57. The fraction of sp³-hybridized carbons (Fsp3) is 0.550. The van der Waals surface area contributed by atoms with Crippen LogP contribution in [0.3, 0.4) is 0 Å². The van der Waals surface area contributed by atoms with Gasteiger partial charge in [0, 0.05) is 6.08 Å². The molecule has 24 heavy (non-hydrogen) atoms. The minimum absolute atomic E-state index is 0.00279. The molecule has 1 atom stereocenters. The van der Waals surface area contributed by atoms with Crippen LogP contribution in [0.5, 0.6) is 0 Å². The Labute approximate surface area is 146 Å². The molecule has 0 aliphatic carbocycles. The molecular formula is C20H32O4. The number of aliphatic carboxylic acids is 1. The Morgan fingerprint density at radius 3 is 2.17 bits per heavy atom. The fourth-order valence-electron chi connectivity index (χ4n) is 2.25. The van der Waals surface area contributed by atoms with E-state index in [9.17, 15) is 4.79 Å². The number of carboxylic acid groups (broad SMARTS) is 1. The molecule has 0 saturated heterocycles. The number of hydrogen-bond acceptors (Lipinski definition) is 3. The predicted molar refractivity (Wildman–Crippen MR) is 98.9 cm³/mol. The first kappa shape index (κ1) is 22.4. The first-order valence-electron chi connectivity index (χ1n) is 8.90. The smallest absolute Gasteiger partial charge is 0.328 e. The van der Waals surface area contributed by atoms with E-state index in [0.717, 1.165) is 51.0 Å². The molecule has 0 aliphatic rings. The van der Waals surface area contributed by atoms with Gasteiger partial charge in [0.15, 0.2) is 0 Å². The average molecular weight is 336 g/mol. The molecule has 4 heteroatoms. The zero-order valence-corrected chi connectivity index (χ0v) is 14.8. The lowest BCUT2D eigenvalue weighted by Crippen LogP contribution is -2.10. The van der Waals surface area contributed by atoms with Gasteiger partial charge < -0.3 is 5.11 Å². The molecule has 136 valence electrons. The SMILES string of the molecule is CCCCCC(CCCCCC=CC=CC=CC=CC(=O)O)OO. The highest BCUT2D eigenvalue weighted by molar-refractivity contribution is 5.80. The Hall–Kier alpha value is -1.65. The van der Waals surface area contributed by atoms with Crippen molar-refractivity contribution in [2.24, 2.45) is 0 Å². The van der Waals surface area contributed by atoms with Gasteiger partial charge >= 0.3 is 5.97 Å². The van der Waals surface area contributed by atoms with Crippen LogP contribution in [-0.2, 0) is 9.68 Å². The van der Waals surface area contributed by atoms with Crippen LogP contribution in [0.15, 0.2) is 48.6 Å². The molecule has 0 spiro atoms. The van der Waals surface area contributed by atoms with Crippen LogP contribution in [0.2, 0.25) is 0 Å². The number of allylic oxidation sites excluding steroid dienone is 7. The van der Waals surface area contributed by atoms with Gasteiger partial charge in [-0.15, -0.1) is 0 Å². The molecule has 0 saturated carbocycles. The van der Waals surface area contributed by atoms with Crippen LogP contribution >= 0.6 is 0 Å². The van der Waals surface area contributed by atoms with Crippen molar-refractivity contribution in [3.05, 3.63) is 48.6 Å². The lowest BCUT2D eigenvalue weighted by molar-refractivity contribution is -0.281. The maximum atomic E-state index is 10.2. The fourth-order valence-corrected chi connectivity index (χ4v) is 2.25. The van der Waals surface area contributed by atoms with Crippen molar-refractivity contribution in [1.82, 2.24) is 0 Å². The first-order chi connectivity index (χ1) is 11.7. The van der Waals surface area contributed by atoms with Crippen molar-refractivity contribution in [3.63, 3.8) is 0 Å². The Bertz CT molecular complexity index is 408. The normalized spacial score (nSPS) is 13.8. The van der Waals surface area contributed by atoms with Crippen molar-refractivity contribution < 1.29 is 20.0 Å². The molecule has 0 aromatic rings. The van der Waals surface area contributed by atoms with E-state index in [0.29, 0.717) is 0 Å². The van der Waals surface area contributed by atoms with E-state index in [1.807, 2.05) is 18.2 Å². The first-order valence-corrected chi connectivity index (χ1v) is 8.90. The van der Waals surface area contributed by atoms with E-state index >= 15 is 0 Å². The summed E-state index contributed by atoms with van der Waals surface area (Å²) in [5.41, 5.74) is 0. The predicted octanol–water partition coefficient (Wildman–Crippen LogP) is 5.68. The van der Waals surface area contributed by atoms with Gasteiger partial charge in [-0.1, -0.05) is 81.6 Å². The number of carboxylic acids is 1. The van der Waals surface area contributed by atoms with Crippen LogP contribution in [0, 0.1) is 0 Å². The van der Waals surface area contributed by atoms with Crippen molar-refractivity contribution in [2.45, 2.75) is 70.8 Å². The number of rotatable bonds is 15. The molecule has 0 aromatic heterocycles. The second-order valence-corrected chi connectivity index (χ2v) is 5.76. The Kier molecular flexibility index (Phi) is 16.5. The monoisotopic (exact) mass is 336 g/mol. The van der Waals surface area contributed by atoms with Gasteiger partial charge in [-0.25, -0.2) is 9.68 Å². The topological polar surface area (TPSA) is 66.8 Å². The minimum Gasteiger partial charge on any atom is -0.478 e. The molecule has 0 radical (unpaired) electrons. The summed E-state index contributed by atoms with van der Waals surface area (Å²) >= 11 is 0. The third-order valence-electron chi connectivity index (χ3n) is 3.61. The molecule has 2 N–H and O–H groups in total. The highest BCUT2D eigenvalue weighted by atomic mass is 17.1. The number of unbranched alkanes of at least 4 members (excludes halogenated alkanes) is 5. The van der Waals surface area contributed by atoms with Gasteiger partial charge in [0.05, 0.1) is 6.10 Å². The summed E-state index contributed by atoms with van der Waals surface area (Å²) < 4.78 is 0. The molecule has 0 aromatic carbocycles. The minimum atomic E-state index is -0.943. The molecule has 0 bridgehead atoms. The molecule has 0 heterocycles. The van der Waals surface area contributed by atoms with Crippen molar-refractivity contribution in [2.75, 3.05) is 0 Å². The van der Waals surface area contributed by atoms with Crippen molar-refractivity contribution >= 4 is 5.97 Å². The summed E-state index contributed by atoms with van der Waals surface area (Å²) in [5, 5.41) is 17.3. The molecule has 0 aliphatic heterocycles. The second-order valence-electron chi connectivity index (χ2n) is 5.76. The second kappa shape index (κ2) is 17.7. The Morgan fingerprint density at radius 1 is 0.917 bits per heavy atom. The van der Waals surface area contributed by atoms with E-state index in [2.05, 4.69) is 17.9 Å². The van der Waals surface area contributed by atoms with Crippen LogP contribution in [-0.4, -0.2) is 22.4 Å². The summed E-state index contributed by atoms with van der Waals surface area (Å²) in [6.07, 6.45) is 23.7. The Morgan fingerprint density at radius 2 is 1.54 bits per heavy atom. The third kappa shape index (κ3) is 16.7. The summed E-state index contributed by atoms with van der Waals surface area (Å²) in [7, 11) is 0. The van der Waals surface area contributed by atoms with Gasteiger partial charge in [-0.3, -0.25) is 5.26 Å². The molecule has 1 unspecified atom stereocenters. The third-order valence-corrected chi connectivity index (χ3v) is 3.61. The van der Waals surface area contributed by atoms with Crippen LogP contribution in [0.4, 0.5) is 0 Å². The zero-order chi connectivity index (χ0) is 17.9. The summed E-state index contributed by atoms with van der Waals surface area (Å²) in [5.74, 6) is -0.943. The van der Waals surface area contributed by atoms with Crippen LogP contribution in [0.25, 0.3) is 0 Å². The molecule has 4 nitrogen and oxygen atoms in total. The highest BCUT2D eigenvalue weighted by Gasteiger charge is 2.07. The van der Waals surface area contributed by atoms with Crippen molar-refractivity contribution in [3.8, 4) is 0 Å². The van der Waals surface area contributed by atoms with E-state index in [4.69, 9.17) is 10.4 Å². The van der Waals surface area contributed by atoms with E-state index < -0.39 is 5.97 Å². The van der Waals surface area contributed by atoms with E-state index in [1.54, 1.807) is 12.2 Å². The highest BCUT2D eigenvalue weighted by Crippen LogP contribution is 2.14. The summed E-state index contributed by atoms with van der Waals surface area (Å²) in [6, 6.07) is 0. The lowest BCUT2D eigenvalue weighted by Gasteiger charge is -2.12. The standard InChI is InChI=1S/C20H32O4/c1-2-3-13-16-19(24-23)17-14-11-9-7-5-4-6-8-10-12-15-18-20(21)22/h4-6,8,10,12,15,18-19,23H,2-3,7,9,11,13-14,16-17H2,1H3,(H,21,22). The maximum Gasteiger partial charge on any atom is 0.328 e. The van der Waals surface area contributed by atoms with Gasteiger partial charge in [-0.05, 0) is 25.7 Å². The molecule has 0 amide bonds. The largest absolute Gasteiger partial charge is 0.478 e. The van der Waals surface area contributed by atoms with Gasteiger partial charge in [0.2, 0.25) is 0 Å². The van der Waals surface area contributed by atoms with Crippen LogP contribution in [0.1, 0.15) is 64.7 Å².